The number of amides is 2. The quantitative estimate of drug-likeness (QED) is 0.765. The van der Waals surface area contributed by atoms with Crippen molar-refractivity contribution in [2.24, 2.45) is 0 Å². The second-order valence-corrected chi connectivity index (χ2v) is 6.88. The van der Waals surface area contributed by atoms with Crippen LogP contribution in [0.5, 0.6) is 0 Å². The summed E-state index contributed by atoms with van der Waals surface area (Å²) in [6.45, 7) is 1.69. The van der Waals surface area contributed by atoms with Crippen molar-refractivity contribution in [1.82, 2.24) is 15.6 Å². The molecule has 1 aromatic heterocycles. The van der Waals surface area contributed by atoms with Crippen LogP contribution in [-0.4, -0.2) is 42.6 Å². The summed E-state index contributed by atoms with van der Waals surface area (Å²) in [6, 6.07) is 9.04. The van der Waals surface area contributed by atoms with E-state index in [-0.39, 0.29) is 17.9 Å². The highest BCUT2D eigenvalue weighted by Crippen LogP contribution is 2.11. The fraction of sp³-hybridized carbons (Fsp3) is 0.350. The van der Waals surface area contributed by atoms with Gasteiger partial charge in [0.05, 0.1) is 17.2 Å². The molecular weight excluding hydrogens is 366 g/mol. The SMILES string of the molecule is O=C(NCCc1ccc(Cl)cc1)c1cncc(C(=O)NCC2CCCO2)c1. The zero-order chi connectivity index (χ0) is 19.1. The molecule has 27 heavy (non-hydrogen) atoms. The molecule has 2 aromatic rings. The normalized spacial score (nSPS) is 16.1. The van der Waals surface area contributed by atoms with E-state index < -0.39 is 0 Å². The summed E-state index contributed by atoms with van der Waals surface area (Å²) in [7, 11) is 0. The predicted octanol–water partition coefficient (Wildman–Crippen LogP) is 2.62. The Morgan fingerprint density at radius 2 is 1.81 bits per heavy atom. The number of aromatic nitrogens is 1. The molecule has 0 saturated carbocycles. The Hall–Kier alpha value is -2.44. The van der Waals surface area contributed by atoms with Gasteiger partial charge in [0, 0.05) is 37.1 Å². The van der Waals surface area contributed by atoms with Crippen LogP contribution in [0, 0.1) is 0 Å². The second-order valence-electron chi connectivity index (χ2n) is 6.44. The number of nitrogens with zero attached hydrogens (tertiary/aromatic N) is 1. The molecule has 0 spiro atoms. The zero-order valence-electron chi connectivity index (χ0n) is 14.9. The average Bonchev–Trinajstić information content (AvgIpc) is 3.21. The lowest BCUT2D eigenvalue weighted by Gasteiger charge is -2.11. The van der Waals surface area contributed by atoms with Gasteiger partial charge in [-0.2, -0.15) is 0 Å². The maximum Gasteiger partial charge on any atom is 0.252 e. The number of nitrogens with one attached hydrogen (secondary N) is 2. The Morgan fingerprint density at radius 1 is 1.11 bits per heavy atom. The van der Waals surface area contributed by atoms with E-state index in [0.717, 1.165) is 25.0 Å². The summed E-state index contributed by atoms with van der Waals surface area (Å²) < 4.78 is 5.49. The van der Waals surface area contributed by atoms with Gasteiger partial charge in [0.25, 0.3) is 11.8 Å². The summed E-state index contributed by atoms with van der Waals surface area (Å²) in [5.41, 5.74) is 1.80. The summed E-state index contributed by atoms with van der Waals surface area (Å²) in [5, 5.41) is 6.35. The fourth-order valence-electron chi connectivity index (χ4n) is 2.88. The number of carbonyl (C=O) groups is 2. The largest absolute Gasteiger partial charge is 0.376 e. The molecule has 7 heteroatoms. The maximum absolute atomic E-state index is 12.3. The third-order valence-electron chi connectivity index (χ3n) is 4.39. The van der Waals surface area contributed by atoms with Crippen molar-refractivity contribution in [3.8, 4) is 0 Å². The zero-order valence-corrected chi connectivity index (χ0v) is 15.7. The number of benzene rings is 1. The van der Waals surface area contributed by atoms with Gasteiger partial charge >= 0.3 is 0 Å². The van der Waals surface area contributed by atoms with Crippen molar-refractivity contribution < 1.29 is 14.3 Å². The molecule has 1 unspecified atom stereocenters. The number of pyridine rings is 1. The van der Waals surface area contributed by atoms with E-state index in [2.05, 4.69) is 15.6 Å². The molecule has 6 nitrogen and oxygen atoms in total. The van der Waals surface area contributed by atoms with Crippen LogP contribution in [0.25, 0.3) is 0 Å². The van der Waals surface area contributed by atoms with Gasteiger partial charge in [-0.05, 0) is 43.0 Å². The van der Waals surface area contributed by atoms with Gasteiger partial charge in [-0.3, -0.25) is 14.6 Å². The Kier molecular flexibility index (Phi) is 6.79. The van der Waals surface area contributed by atoms with Crippen molar-refractivity contribution in [1.29, 1.82) is 0 Å². The standard InChI is InChI=1S/C20H22ClN3O3/c21-17-5-3-14(4-6-17)7-8-23-19(25)15-10-16(12-22-11-15)20(26)24-13-18-2-1-9-27-18/h3-6,10-12,18H,1-2,7-9,13H2,(H,23,25)(H,24,26). The van der Waals surface area contributed by atoms with E-state index in [0.29, 0.717) is 35.7 Å². The van der Waals surface area contributed by atoms with Gasteiger partial charge in [0.1, 0.15) is 0 Å². The average molecular weight is 388 g/mol. The van der Waals surface area contributed by atoms with Crippen molar-refractivity contribution in [2.75, 3.05) is 19.7 Å². The van der Waals surface area contributed by atoms with Gasteiger partial charge in [-0.1, -0.05) is 23.7 Å². The van der Waals surface area contributed by atoms with E-state index in [9.17, 15) is 9.59 Å². The number of rotatable bonds is 7. The van der Waals surface area contributed by atoms with E-state index in [1.165, 1.54) is 12.4 Å². The summed E-state index contributed by atoms with van der Waals surface area (Å²) in [5.74, 6) is -0.515. The molecule has 1 fully saturated rings. The molecule has 1 aromatic carbocycles. The molecule has 1 saturated heterocycles. The minimum absolute atomic E-state index is 0.0706. The number of carbonyl (C=O) groups excluding carboxylic acids is 2. The first kappa shape index (κ1) is 19.3. The summed E-state index contributed by atoms with van der Waals surface area (Å²) in [6.07, 6.45) is 5.64. The maximum atomic E-state index is 12.3. The minimum atomic E-state index is -0.259. The van der Waals surface area contributed by atoms with Crippen LogP contribution in [0.2, 0.25) is 5.02 Å². The topological polar surface area (TPSA) is 80.3 Å². The molecule has 1 aliphatic rings. The van der Waals surface area contributed by atoms with Crippen molar-refractivity contribution in [3.63, 3.8) is 0 Å². The number of ether oxygens (including phenoxy) is 1. The first-order valence-corrected chi connectivity index (χ1v) is 9.37. The Morgan fingerprint density at radius 3 is 2.48 bits per heavy atom. The van der Waals surface area contributed by atoms with E-state index in [1.807, 2.05) is 24.3 Å². The number of halogens is 1. The van der Waals surface area contributed by atoms with Gasteiger partial charge in [0.2, 0.25) is 0 Å². The van der Waals surface area contributed by atoms with Crippen LogP contribution in [0.4, 0.5) is 0 Å². The fourth-order valence-corrected chi connectivity index (χ4v) is 3.00. The molecule has 0 bridgehead atoms. The van der Waals surface area contributed by atoms with Crippen LogP contribution in [0.3, 0.4) is 0 Å². The molecule has 2 N–H and O–H groups in total. The van der Waals surface area contributed by atoms with Gasteiger partial charge < -0.3 is 15.4 Å². The predicted molar refractivity (Wildman–Crippen MR) is 103 cm³/mol. The van der Waals surface area contributed by atoms with Crippen LogP contribution >= 0.6 is 11.6 Å². The Balaban J connectivity index is 1.50. The third-order valence-corrected chi connectivity index (χ3v) is 4.64. The highest BCUT2D eigenvalue weighted by atomic mass is 35.5. The van der Waals surface area contributed by atoms with Crippen molar-refractivity contribution in [3.05, 3.63) is 64.4 Å². The van der Waals surface area contributed by atoms with Crippen molar-refractivity contribution in [2.45, 2.75) is 25.4 Å². The molecule has 0 radical (unpaired) electrons. The second kappa shape index (κ2) is 9.48. The summed E-state index contributed by atoms with van der Waals surface area (Å²) in [4.78, 5) is 28.6. The monoisotopic (exact) mass is 387 g/mol. The summed E-state index contributed by atoms with van der Waals surface area (Å²) >= 11 is 5.86. The highest BCUT2D eigenvalue weighted by molar-refractivity contribution is 6.30. The van der Waals surface area contributed by atoms with E-state index >= 15 is 0 Å². The lowest BCUT2D eigenvalue weighted by atomic mass is 10.1. The van der Waals surface area contributed by atoms with E-state index in [1.54, 1.807) is 6.07 Å². The Labute approximate surface area is 163 Å². The van der Waals surface area contributed by atoms with Gasteiger partial charge in [0.15, 0.2) is 0 Å². The first-order chi connectivity index (χ1) is 13.1. The molecule has 3 rings (SSSR count). The molecule has 2 amide bonds. The molecule has 0 aliphatic carbocycles. The highest BCUT2D eigenvalue weighted by Gasteiger charge is 2.17. The molecule has 1 aliphatic heterocycles. The molecule has 1 atom stereocenters. The van der Waals surface area contributed by atoms with Crippen LogP contribution in [0.1, 0.15) is 39.1 Å². The van der Waals surface area contributed by atoms with Gasteiger partial charge in [-0.15, -0.1) is 0 Å². The Bertz CT molecular complexity index is 789. The third kappa shape index (κ3) is 5.77. The van der Waals surface area contributed by atoms with Crippen LogP contribution in [-0.2, 0) is 11.2 Å². The van der Waals surface area contributed by atoms with E-state index in [4.69, 9.17) is 16.3 Å². The number of hydrogen-bond donors (Lipinski definition) is 2. The minimum Gasteiger partial charge on any atom is -0.376 e. The van der Waals surface area contributed by atoms with Crippen LogP contribution < -0.4 is 10.6 Å². The first-order valence-electron chi connectivity index (χ1n) is 8.99. The smallest absolute Gasteiger partial charge is 0.252 e. The lowest BCUT2D eigenvalue weighted by molar-refractivity contribution is 0.0857. The molecular formula is C20H22ClN3O3. The van der Waals surface area contributed by atoms with Crippen LogP contribution in [0.15, 0.2) is 42.7 Å². The van der Waals surface area contributed by atoms with Gasteiger partial charge in [-0.25, -0.2) is 0 Å². The van der Waals surface area contributed by atoms with Crippen molar-refractivity contribution >= 4 is 23.4 Å². The lowest BCUT2D eigenvalue weighted by Crippen LogP contribution is -2.32. The molecule has 142 valence electrons. The number of hydrogen-bond acceptors (Lipinski definition) is 4. The molecule has 2 heterocycles.